The maximum atomic E-state index is 4.61. The van der Waals surface area contributed by atoms with E-state index in [1.54, 1.807) is 4.88 Å². The maximum Gasteiger partial charge on any atom is 0.193 e. The largest absolute Gasteiger partial charge is 0.355 e. The Labute approximate surface area is 166 Å². The van der Waals surface area contributed by atoms with Crippen molar-refractivity contribution in [1.82, 2.24) is 24.9 Å². The van der Waals surface area contributed by atoms with E-state index in [-0.39, 0.29) is 0 Å². The molecule has 0 atom stereocenters. The molecular weight excluding hydrogens is 356 g/mol. The van der Waals surface area contributed by atoms with Gasteiger partial charge in [0.05, 0.1) is 5.69 Å². The van der Waals surface area contributed by atoms with Crippen molar-refractivity contribution >= 4 is 17.3 Å². The number of aromatic nitrogens is 2. The summed E-state index contributed by atoms with van der Waals surface area (Å²) in [5.74, 6) is 1.35. The van der Waals surface area contributed by atoms with E-state index in [9.17, 15) is 0 Å². The second-order valence-electron chi connectivity index (χ2n) is 7.59. The molecule has 0 aromatic carbocycles. The van der Waals surface area contributed by atoms with Crippen molar-refractivity contribution in [2.75, 3.05) is 33.7 Å². The summed E-state index contributed by atoms with van der Waals surface area (Å²) in [6.07, 6.45) is 3.30. The van der Waals surface area contributed by atoms with Crippen LogP contribution in [0.25, 0.3) is 0 Å². The van der Waals surface area contributed by atoms with Gasteiger partial charge in [-0.15, -0.1) is 11.3 Å². The van der Waals surface area contributed by atoms with E-state index in [2.05, 4.69) is 63.7 Å². The second kappa shape index (κ2) is 8.89. The molecule has 3 rings (SSSR count). The van der Waals surface area contributed by atoms with Crippen molar-refractivity contribution in [3.05, 3.63) is 39.3 Å². The number of thiophene rings is 1. The molecule has 1 aliphatic heterocycles. The van der Waals surface area contributed by atoms with E-state index in [1.165, 1.54) is 23.2 Å². The minimum atomic E-state index is 0.422. The number of guanidine groups is 1. The van der Waals surface area contributed by atoms with Crippen molar-refractivity contribution < 1.29 is 0 Å². The SMILES string of the molecule is CN=C(NCCN1CCc2sccc2C1)N(C)Cc1cn(C)nc1C(C)C. The number of fused-ring (bicyclic) bond motifs is 1. The van der Waals surface area contributed by atoms with Crippen LogP contribution in [0, 0.1) is 0 Å². The Morgan fingerprint density at radius 2 is 2.26 bits per heavy atom. The van der Waals surface area contributed by atoms with Gasteiger partial charge in [-0.25, -0.2) is 0 Å². The normalized spacial score (nSPS) is 15.3. The molecule has 0 unspecified atom stereocenters. The van der Waals surface area contributed by atoms with E-state index in [4.69, 9.17) is 0 Å². The summed E-state index contributed by atoms with van der Waals surface area (Å²) in [6.45, 7) is 9.35. The van der Waals surface area contributed by atoms with Gasteiger partial charge in [0.1, 0.15) is 0 Å². The first-order valence-corrected chi connectivity index (χ1v) is 10.6. The van der Waals surface area contributed by atoms with Crippen molar-refractivity contribution in [3.63, 3.8) is 0 Å². The van der Waals surface area contributed by atoms with Crippen molar-refractivity contribution in [1.29, 1.82) is 0 Å². The zero-order valence-corrected chi connectivity index (χ0v) is 18.0. The van der Waals surface area contributed by atoms with Gasteiger partial charge in [-0.3, -0.25) is 14.6 Å². The first kappa shape index (κ1) is 19.9. The van der Waals surface area contributed by atoms with Crippen molar-refractivity contribution in [2.24, 2.45) is 12.0 Å². The number of nitrogens with zero attached hydrogens (tertiary/aromatic N) is 5. The predicted octanol–water partition coefficient (Wildman–Crippen LogP) is 2.67. The lowest BCUT2D eigenvalue weighted by Gasteiger charge is -2.28. The van der Waals surface area contributed by atoms with Gasteiger partial charge in [0.2, 0.25) is 0 Å². The Hall–Kier alpha value is -1.86. The highest BCUT2D eigenvalue weighted by atomic mass is 32.1. The van der Waals surface area contributed by atoms with Crippen LogP contribution >= 0.6 is 11.3 Å². The molecule has 0 bridgehead atoms. The topological polar surface area (TPSA) is 48.7 Å². The lowest BCUT2D eigenvalue weighted by molar-refractivity contribution is 0.259. The monoisotopic (exact) mass is 388 g/mol. The van der Waals surface area contributed by atoms with Crippen LogP contribution in [-0.4, -0.2) is 59.3 Å². The fourth-order valence-electron chi connectivity index (χ4n) is 3.70. The molecule has 0 spiro atoms. The van der Waals surface area contributed by atoms with E-state index >= 15 is 0 Å². The third-order valence-corrected chi connectivity index (χ3v) is 6.09. The van der Waals surface area contributed by atoms with Gasteiger partial charge in [-0.1, -0.05) is 13.8 Å². The third kappa shape index (κ3) is 4.90. The molecule has 2 aromatic rings. The number of hydrogen-bond donors (Lipinski definition) is 1. The average molecular weight is 389 g/mol. The Balaban J connectivity index is 1.50. The zero-order valence-electron chi connectivity index (χ0n) is 17.2. The summed E-state index contributed by atoms with van der Waals surface area (Å²) in [6, 6.07) is 2.27. The quantitative estimate of drug-likeness (QED) is 0.611. The molecule has 2 aromatic heterocycles. The van der Waals surface area contributed by atoms with Gasteiger partial charge in [-0.05, 0) is 29.3 Å². The number of hydrogen-bond acceptors (Lipinski definition) is 4. The van der Waals surface area contributed by atoms with Crippen LogP contribution in [0.4, 0.5) is 0 Å². The zero-order chi connectivity index (χ0) is 19.4. The third-order valence-electron chi connectivity index (χ3n) is 5.06. The van der Waals surface area contributed by atoms with E-state index in [0.717, 1.165) is 38.7 Å². The lowest BCUT2D eigenvalue weighted by Crippen LogP contribution is -2.43. The van der Waals surface area contributed by atoms with Crippen LogP contribution in [0.1, 0.15) is 41.5 Å². The van der Waals surface area contributed by atoms with Gasteiger partial charge in [-0.2, -0.15) is 5.10 Å². The molecule has 148 valence electrons. The van der Waals surface area contributed by atoms with Crippen LogP contribution < -0.4 is 5.32 Å². The van der Waals surface area contributed by atoms with E-state index in [0.29, 0.717) is 5.92 Å². The smallest absolute Gasteiger partial charge is 0.193 e. The number of aryl methyl sites for hydroxylation is 1. The molecule has 1 aliphatic rings. The minimum absolute atomic E-state index is 0.422. The van der Waals surface area contributed by atoms with E-state index in [1.807, 2.05) is 30.1 Å². The van der Waals surface area contributed by atoms with Crippen molar-refractivity contribution in [2.45, 2.75) is 39.3 Å². The Morgan fingerprint density at radius 3 is 3.00 bits per heavy atom. The summed E-state index contributed by atoms with van der Waals surface area (Å²) in [7, 11) is 5.93. The highest BCUT2D eigenvalue weighted by molar-refractivity contribution is 7.10. The van der Waals surface area contributed by atoms with Crippen LogP contribution in [0.3, 0.4) is 0 Å². The second-order valence-corrected chi connectivity index (χ2v) is 8.59. The summed E-state index contributed by atoms with van der Waals surface area (Å²) in [4.78, 5) is 10.7. The molecular formula is C20H32N6S. The van der Waals surface area contributed by atoms with Gasteiger partial charge < -0.3 is 10.2 Å². The number of aliphatic imine (C=N–C) groups is 1. The summed E-state index contributed by atoms with van der Waals surface area (Å²) in [5, 5.41) is 10.3. The molecule has 6 nitrogen and oxygen atoms in total. The molecule has 0 saturated carbocycles. The lowest BCUT2D eigenvalue weighted by atomic mass is 10.1. The molecule has 27 heavy (non-hydrogen) atoms. The maximum absolute atomic E-state index is 4.61. The Bertz CT molecular complexity index is 775. The highest BCUT2D eigenvalue weighted by Crippen LogP contribution is 2.23. The molecule has 7 heteroatoms. The highest BCUT2D eigenvalue weighted by Gasteiger charge is 2.18. The van der Waals surface area contributed by atoms with Gasteiger partial charge in [0, 0.05) is 70.5 Å². The average Bonchev–Trinajstić information content (AvgIpc) is 3.24. The minimum Gasteiger partial charge on any atom is -0.355 e. The molecule has 0 amide bonds. The molecule has 0 aliphatic carbocycles. The standard InChI is InChI=1S/C20H32N6S/c1-15(2)19-17(13-25(5)23-19)12-24(4)20(21-3)22-8-10-26-9-6-18-16(14-26)7-11-27-18/h7,11,13,15H,6,8-10,12,14H2,1-5H3,(H,21,22). The fraction of sp³-hybridized carbons (Fsp3) is 0.600. The molecule has 1 N–H and O–H groups in total. The van der Waals surface area contributed by atoms with Crippen LogP contribution in [0.15, 0.2) is 22.6 Å². The summed E-state index contributed by atoms with van der Waals surface area (Å²) < 4.78 is 1.91. The first-order valence-electron chi connectivity index (χ1n) is 9.69. The Morgan fingerprint density at radius 1 is 1.44 bits per heavy atom. The van der Waals surface area contributed by atoms with Crippen LogP contribution in [0.2, 0.25) is 0 Å². The number of rotatable bonds is 6. The predicted molar refractivity (Wildman–Crippen MR) is 113 cm³/mol. The van der Waals surface area contributed by atoms with E-state index < -0.39 is 0 Å². The van der Waals surface area contributed by atoms with Gasteiger partial charge >= 0.3 is 0 Å². The molecule has 0 saturated heterocycles. The fourth-order valence-corrected chi connectivity index (χ4v) is 4.59. The van der Waals surface area contributed by atoms with Gasteiger partial charge in [0.25, 0.3) is 0 Å². The van der Waals surface area contributed by atoms with Gasteiger partial charge in [0.15, 0.2) is 5.96 Å². The molecule has 0 radical (unpaired) electrons. The molecule has 0 fully saturated rings. The molecule has 3 heterocycles. The van der Waals surface area contributed by atoms with Crippen molar-refractivity contribution in [3.8, 4) is 0 Å². The summed E-state index contributed by atoms with van der Waals surface area (Å²) in [5.41, 5.74) is 3.93. The van der Waals surface area contributed by atoms with Crippen LogP contribution in [-0.2, 0) is 26.6 Å². The number of nitrogens with one attached hydrogen (secondary N) is 1. The Kier molecular flexibility index (Phi) is 6.55. The first-order chi connectivity index (χ1) is 13.0. The summed E-state index contributed by atoms with van der Waals surface area (Å²) >= 11 is 1.89. The van der Waals surface area contributed by atoms with Crippen LogP contribution in [0.5, 0.6) is 0 Å².